The number of carbonyl (C=O) groups is 2. The summed E-state index contributed by atoms with van der Waals surface area (Å²) >= 11 is 0. The molecular weight excluding hydrogens is 882 g/mol. The Morgan fingerprint density at radius 2 is 0.797 bits per heavy atom. The molecule has 388 valence electrons. The first-order valence-corrected chi connectivity index (χ1v) is 27.8. The molecule has 0 aliphatic heterocycles. The number of allylic oxidation sites excluding steroid dienone is 24. The largest absolute Gasteiger partial charge is 0.472 e. The van der Waals surface area contributed by atoms with Crippen molar-refractivity contribution in [3.05, 3.63) is 146 Å². The van der Waals surface area contributed by atoms with Crippen LogP contribution in [0.5, 0.6) is 0 Å². The second-order valence-corrected chi connectivity index (χ2v) is 18.1. The van der Waals surface area contributed by atoms with Crippen LogP contribution in [-0.2, 0) is 32.7 Å². The molecule has 10 heteroatoms. The van der Waals surface area contributed by atoms with Crippen molar-refractivity contribution in [1.82, 2.24) is 0 Å². The van der Waals surface area contributed by atoms with Gasteiger partial charge in [0, 0.05) is 19.4 Å². The van der Waals surface area contributed by atoms with Gasteiger partial charge in [0.15, 0.2) is 6.10 Å². The molecule has 2 atom stereocenters. The van der Waals surface area contributed by atoms with Gasteiger partial charge in [0.1, 0.15) is 6.61 Å². The van der Waals surface area contributed by atoms with E-state index < -0.39 is 32.5 Å². The minimum Gasteiger partial charge on any atom is -0.462 e. The molecule has 0 saturated heterocycles. The number of hydrogen-bond acceptors (Lipinski definition) is 8. The van der Waals surface area contributed by atoms with Gasteiger partial charge < -0.3 is 20.1 Å². The molecule has 0 aromatic carbocycles. The molecule has 0 saturated carbocycles. The van der Waals surface area contributed by atoms with Crippen LogP contribution < -0.4 is 5.73 Å². The number of nitrogens with two attached hydrogens (primary N) is 1. The molecule has 0 aromatic rings. The third-order valence-corrected chi connectivity index (χ3v) is 11.2. The summed E-state index contributed by atoms with van der Waals surface area (Å²) in [5.74, 6) is -0.889. The number of unbranched alkanes of at least 4 members (excludes halogenated alkanes) is 10. The van der Waals surface area contributed by atoms with Crippen LogP contribution in [0.1, 0.15) is 181 Å². The Balaban J connectivity index is 4.12. The zero-order valence-corrected chi connectivity index (χ0v) is 43.9. The number of phosphoric acid groups is 1. The first-order valence-electron chi connectivity index (χ1n) is 26.3. The zero-order valence-electron chi connectivity index (χ0n) is 43.0. The normalized spacial score (nSPS) is 14.3. The highest BCUT2D eigenvalue weighted by molar-refractivity contribution is 7.47. The van der Waals surface area contributed by atoms with Gasteiger partial charge in [0.25, 0.3) is 0 Å². The van der Waals surface area contributed by atoms with Crippen LogP contribution in [0.3, 0.4) is 0 Å². The van der Waals surface area contributed by atoms with E-state index in [1.54, 1.807) is 0 Å². The number of hydrogen-bond donors (Lipinski definition) is 2. The molecule has 0 bridgehead atoms. The highest BCUT2D eigenvalue weighted by Gasteiger charge is 2.26. The molecule has 0 aliphatic rings. The van der Waals surface area contributed by atoms with E-state index in [1.165, 1.54) is 6.42 Å². The quantitative estimate of drug-likeness (QED) is 0.0264. The Hall–Kier alpha value is -4.11. The molecule has 0 spiro atoms. The Bertz CT molecular complexity index is 1630. The fraction of sp³-hybridized carbons (Fsp3) is 0.559. The standard InChI is InChI=1S/C59H94NO8P/c1-3-5-7-9-11-13-15-17-18-19-20-21-22-23-24-25-26-27-28-29-30-31-32-33-34-35-36-37-38-40-42-44-46-48-50-52-59(62)68-57(56-67-69(63,64)66-54-53-60)55-65-58(61)51-49-47-45-43-41-39-16-14-12-10-8-6-4-2/h5,7-8,10-11,13-14,16-18,20-21,23-24,26-27,29-30,32-33,35-36,38,40,57H,3-4,6,9,12,15,19,22,25,28,31,34,37,39,41-56,60H2,1-2H3,(H,63,64)/b7-5-,10-8-,13-11-,16-14-,18-17-,21-20-,24-23-,27-26-,30-29-,33-32-,36-35-,40-38-. The summed E-state index contributed by atoms with van der Waals surface area (Å²) in [7, 11) is -4.40. The van der Waals surface area contributed by atoms with Crippen molar-refractivity contribution >= 4 is 19.8 Å². The second-order valence-electron chi connectivity index (χ2n) is 16.7. The number of phosphoric ester groups is 1. The maximum absolute atomic E-state index is 12.6. The third-order valence-electron chi connectivity index (χ3n) is 10.2. The van der Waals surface area contributed by atoms with Gasteiger partial charge in [-0.15, -0.1) is 0 Å². The van der Waals surface area contributed by atoms with Gasteiger partial charge in [-0.05, 0) is 116 Å². The molecule has 0 fully saturated rings. The summed E-state index contributed by atoms with van der Waals surface area (Å²) in [5.41, 5.74) is 5.36. The summed E-state index contributed by atoms with van der Waals surface area (Å²) in [4.78, 5) is 35.0. The highest BCUT2D eigenvalue weighted by Crippen LogP contribution is 2.43. The maximum Gasteiger partial charge on any atom is 0.472 e. The smallest absolute Gasteiger partial charge is 0.462 e. The molecule has 3 N–H and O–H groups in total. The van der Waals surface area contributed by atoms with Gasteiger partial charge in [-0.25, -0.2) is 4.57 Å². The minimum atomic E-state index is -4.40. The second kappa shape index (κ2) is 53.2. The molecule has 0 radical (unpaired) electrons. The van der Waals surface area contributed by atoms with Crippen LogP contribution in [-0.4, -0.2) is 49.3 Å². The van der Waals surface area contributed by atoms with E-state index in [4.69, 9.17) is 24.3 Å². The lowest BCUT2D eigenvalue weighted by atomic mass is 10.1. The van der Waals surface area contributed by atoms with Crippen LogP contribution >= 0.6 is 7.82 Å². The molecule has 2 unspecified atom stereocenters. The van der Waals surface area contributed by atoms with Crippen LogP contribution in [0.15, 0.2) is 146 Å². The predicted molar refractivity (Wildman–Crippen MR) is 293 cm³/mol. The van der Waals surface area contributed by atoms with Crippen molar-refractivity contribution in [2.45, 2.75) is 187 Å². The van der Waals surface area contributed by atoms with Gasteiger partial charge in [0.05, 0.1) is 13.2 Å². The Morgan fingerprint density at radius 3 is 1.19 bits per heavy atom. The molecule has 0 amide bonds. The topological polar surface area (TPSA) is 134 Å². The SMILES string of the molecule is CC/C=C\C/C=C\C/C=C\C/C=C\C/C=C\C/C=C\C/C=C\C/C=C\C/C=C\C/C=C\CCCCCCC(=O)OC(COC(=O)CCCCCCC/C=C\C/C=C\CCC)COP(=O)(O)OCCN. The Morgan fingerprint density at radius 1 is 0.449 bits per heavy atom. The molecule has 69 heavy (non-hydrogen) atoms. The summed E-state index contributed by atoms with van der Waals surface area (Å²) in [5, 5.41) is 0. The van der Waals surface area contributed by atoms with Crippen LogP contribution in [0, 0.1) is 0 Å². The molecule has 0 rings (SSSR count). The molecule has 0 aromatic heterocycles. The number of esters is 2. The van der Waals surface area contributed by atoms with Crippen molar-refractivity contribution in [3.63, 3.8) is 0 Å². The third kappa shape index (κ3) is 53.1. The van der Waals surface area contributed by atoms with Gasteiger partial charge in [0.2, 0.25) is 0 Å². The Kier molecular flexibility index (Phi) is 50.1. The Labute approximate surface area is 420 Å². The lowest BCUT2D eigenvalue weighted by molar-refractivity contribution is -0.161. The van der Waals surface area contributed by atoms with E-state index >= 15 is 0 Å². The van der Waals surface area contributed by atoms with Gasteiger partial charge >= 0.3 is 19.8 Å². The highest BCUT2D eigenvalue weighted by atomic mass is 31.2. The van der Waals surface area contributed by atoms with Crippen LogP contribution in [0.2, 0.25) is 0 Å². The monoisotopic (exact) mass is 976 g/mol. The van der Waals surface area contributed by atoms with E-state index in [2.05, 4.69) is 160 Å². The van der Waals surface area contributed by atoms with Crippen molar-refractivity contribution in [3.8, 4) is 0 Å². The first-order chi connectivity index (χ1) is 33.8. The summed E-state index contributed by atoms with van der Waals surface area (Å²) in [6.07, 6.45) is 76.1. The van der Waals surface area contributed by atoms with Crippen LogP contribution in [0.4, 0.5) is 0 Å². The van der Waals surface area contributed by atoms with Crippen molar-refractivity contribution in [1.29, 1.82) is 0 Å². The minimum absolute atomic E-state index is 0.0386. The lowest BCUT2D eigenvalue weighted by Gasteiger charge is -2.19. The van der Waals surface area contributed by atoms with Gasteiger partial charge in [-0.3, -0.25) is 18.6 Å². The fourth-order valence-electron chi connectivity index (χ4n) is 6.35. The fourth-order valence-corrected chi connectivity index (χ4v) is 7.11. The molecule has 0 heterocycles. The lowest BCUT2D eigenvalue weighted by Crippen LogP contribution is -2.29. The van der Waals surface area contributed by atoms with Crippen LogP contribution in [0.25, 0.3) is 0 Å². The molecule has 9 nitrogen and oxygen atoms in total. The predicted octanol–water partition coefficient (Wildman–Crippen LogP) is 16.4. The zero-order chi connectivity index (χ0) is 50.2. The van der Waals surface area contributed by atoms with E-state index in [0.29, 0.717) is 12.8 Å². The average molecular weight is 976 g/mol. The van der Waals surface area contributed by atoms with Gasteiger partial charge in [-0.1, -0.05) is 198 Å². The molecule has 0 aliphatic carbocycles. The maximum atomic E-state index is 12.6. The van der Waals surface area contributed by atoms with Gasteiger partial charge in [-0.2, -0.15) is 0 Å². The average Bonchev–Trinajstić information content (AvgIpc) is 3.34. The number of ether oxygens (including phenoxy) is 2. The summed E-state index contributed by atoms with van der Waals surface area (Å²) in [6, 6.07) is 0. The van der Waals surface area contributed by atoms with E-state index in [-0.39, 0.29) is 32.6 Å². The van der Waals surface area contributed by atoms with Crippen molar-refractivity contribution < 1.29 is 37.6 Å². The molecular formula is C59H94NO8P. The summed E-state index contributed by atoms with van der Waals surface area (Å²) in [6.45, 7) is 3.48. The van der Waals surface area contributed by atoms with E-state index in [1.807, 2.05) is 0 Å². The van der Waals surface area contributed by atoms with E-state index in [0.717, 1.165) is 135 Å². The van der Waals surface area contributed by atoms with Crippen molar-refractivity contribution in [2.24, 2.45) is 5.73 Å². The van der Waals surface area contributed by atoms with Crippen molar-refractivity contribution in [2.75, 3.05) is 26.4 Å². The summed E-state index contributed by atoms with van der Waals surface area (Å²) < 4.78 is 32.8. The van der Waals surface area contributed by atoms with E-state index in [9.17, 15) is 19.0 Å². The number of rotatable bonds is 47. The first kappa shape index (κ1) is 64.9. The number of carbonyl (C=O) groups excluding carboxylic acids is 2.